The summed E-state index contributed by atoms with van der Waals surface area (Å²) in [7, 11) is 1.73. The van der Waals surface area contributed by atoms with Crippen LogP contribution in [-0.4, -0.2) is 40.3 Å². The minimum absolute atomic E-state index is 0.00477. The molecule has 0 unspecified atom stereocenters. The van der Waals surface area contributed by atoms with Crippen LogP contribution in [0.5, 0.6) is 0 Å². The van der Waals surface area contributed by atoms with Gasteiger partial charge in [0.15, 0.2) is 0 Å². The summed E-state index contributed by atoms with van der Waals surface area (Å²) in [6.07, 6.45) is 0.254. The van der Waals surface area contributed by atoms with E-state index in [4.69, 9.17) is 0 Å². The molecule has 1 fully saturated rings. The highest BCUT2D eigenvalue weighted by molar-refractivity contribution is 5.89. The van der Waals surface area contributed by atoms with Crippen LogP contribution in [0.25, 0.3) is 11.0 Å². The summed E-state index contributed by atoms with van der Waals surface area (Å²) in [6, 6.07) is 17.1. The lowest BCUT2D eigenvalue weighted by Gasteiger charge is -2.19. The summed E-state index contributed by atoms with van der Waals surface area (Å²) >= 11 is 0. The molecule has 4 rings (SSSR count). The zero-order valence-corrected chi connectivity index (χ0v) is 14.5. The lowest BCUT2D eigenvalue weighted by Crippen LogP contribution is -2.36. The Morgan fingerprint density at radius 1 is 1.19 bits per heavy atom. The molecule has 2 aromatic carbocycles. The van der Waals surface area contributed by atoms with Crippen molar-refractivity contribution in [3.05, 3.63) is 66.0 Å². The third kappa shape index (κ3) is 3.06. The number of amides is 2. The summed E-state index contributed by atoms with van der Waals surface area (Å²) in [6.45, 7) is 0.451. The van der Waals surface area contributed by atoms with Crippen LogP contribution in [-0.2, 0) is 9.59 Å². The minimum atomic E-state index is -0.392. The van der Waals surface area contributed by atoms with Gasteiger partial charge in [0.25, 0.3) is 0 Å². The van der Waals surface area contributed by atoms with Crippen molar-refractivity contribution >= 4 is 22.8 Å². The second-order valence-corrected chi connectivity index (χ2v) is 6.67. The second kappa shape index (κ2) is 6.63. The number of imidazole rings is 1. The van der Waals surface area contributed by atoms with Gasteiger partial charge in [0.1, 0.15) is 11.9 Å². The van der Waals surface area contributed by atoms with Gasteiger partial charge in [-0.05, 0) is 17.7 Å². The van der Waals surface area contributed by atoms with Gasteiger partial charge in [-0.15, -0.1) is 0 Å². The Labute approximate surface area is 151 Å². The number of hydrogen-bond donors (Lipinski definition) is 2. The number of H-pyrrole nitrogens is 1. The van der Waals surface area contributed by atoms with Crippen LogP contribution in [0.1, 0.15) is 23.9 Å². The van der Waals surface area contributed by atoms with Crippen molar-refractivity contribution in [3.8, 4) is 0 Å². The number of hydrogen-bond acceptors (Lipinski definition) is 3. The quantitative estimate of drug-likeness (QED) is 0.759. The number of aromatic nitrogens is 2. The number of carbonyl (C=O) groups excluding carboxylic acids is 2. The zero-order valence-electron chi connectivity index (χ0n) is 14.5. The summed E-state index contributed by atoms with van der Waals surface area (Å²) in [4.78, 5) is 34.1. The van der Waals surface area contributed by atoms with E-state index in [-0.39, 0.29) is 24.2 Å². The first-order valence-corrected chi connectivity index (χ1v) is 8.66. The minimum Gasteiger partial charge on any atom is -0.345 e. The average Bonchev–Trinajstić information content (AvgIpc) is 3.23. The van der Waals surface area contributed by atoms with Gasteiger partial charge in [-0.1, -0.05) is 42.5 Å². The van der Waals surface area contributed by atoms with Crippen LogP contribution in [0.2, 0.25) is 0 Å². The van der Waals surface area contributed by atoms with Crippen LogP contribution in [0, 0.1) is 5.92 Å². The smallest absolute Gasteiger partial charge is 0.226 e. The maximum Gasteiger partial charge on any atom is 0.226 e. The van der Waals surface area contributed by atoms with E-state index in [1.807, 2.05) is 54.6 Å². The fraction of sp³-hybridized carbons (Fsp3) is 0.250. The number of nitrogens with one attached hydrogen (secondary N) is 2. The van der Waals surface area contributed by atoms with Crippen molar-refractivity contribution in [1.29, 1.82) is 0 Å². The van der Waals surface area contributed by atoms with Gasteiger partial charge in [0.2, 0.25) is 11.8 Å². The van der Waals surface area contributed by atoms with E-state index in [0.29, 0.717) is 12.4 Å². The standard InChI is InChI=1S/C20H20N4O2/c1-24-12-14(11-17(24)25)20(26)23-18(13-7-3-2-4-8-13)19-21-15-9-5-6-10-16(15)22-19/h2-10,14,18H,11-12H2,1H3,(H,21,22)(H,23,26)/t14-,18+/m1/s1. The van der Waals surface area contributed by atoms with Crippen molar-refractivity contribution < 1.29 is 9.59 Å². The van der Waals surface area contributed by atoms with E-state index in [9.17, 15) is 9.59 Å². The first kappa shape index (κ1) is 16.3. The lowest BCUT2D eigenvalue weighted by atomic mass is 10.0. The Bertz CT molecular complexity index is 918. The molecule has 1 saturated heterocycles. The predicted octanol–water partition coefficient (Wildman–Crippen LogP) is 2.25. The van der Waals surface area contributed by atoms with Gasteiger partial charge in [-0.25, -0.2) is 4.98 Å². The fourth-order valence-electron chi connectivity index (χ4n) is 3.36. The second-order valence-electron chi connectivity index (χ2n) is 6.67. The van der Waals surface area contributed by atoms with E-state index in [0.717, 1.165) is 16.6 Å². The first-order chi connectivity index (χ1) is 12.6. The molecule has 0 saturated carbocycles. The number of aromatic amines is 1. The summed E-state index contributed by atoms with van der Waals surface area (Å²) < 4.78 is 0. The fourth-order valence-corrected chi connectivity index (χ4v) is 3.36. The molecule has 2 amide bonds. The molecular formula is C20H20N4O2. The highest BCUT2D eigenvalue weighted by Crippen LogP contribution is 2.24. The van der Waals surface area contributed by atoms with Gasteiger partial charge < -0.3 is 15.2 Å². The van der Waals surface area contributed by atoms with Crippen molar-refractivity contribution in [2.75, 3.05) is 13.6 Å². The highest BCUT2D eigenvalue weighted by Gasteiger charge is 2.33. The van der Waals surface area contributed by atoms with Gasteiger partial charge in [-0.2, -0.15) is 0 Å². The first-order valence-electron chi connectivity index (χ1n) is 8.66. The summed E-state index contributed by atoms with van der Waals surface area (Å²) in [5.74, 6) is 0.230. The molecule has 6 nitrogen and oxygen atoms in total. The number of fused-ring (bicyclic) bond motifs is 1. The zero-order chi connectivity index (χ0) is 18.1. The highest BCUT2D eigenvalue weighted by atomic mass is 16.2. The van der Waals surface area contributed by atoms with E-state index in [1.54, 1.807) is 11.9 Å². The third-order valence-corrected chi connectivity index (χ3v) is 4.81. The van der Waals surface area contributed by atoms with Crippen LogP contribution >= 0.6 is 0 Å². The average molecular weight is 348 g/mol. The van der Waals surface area contributed by atoms with Gasteiger partial charge in [0, 0.05) is 20.0 Å². The number of likely N-dealkylation sites (tertiary alicyclic amines) is 1. The Kier molecular flexibility index (Phi) is 4.16. The number of para-hydroxylation sites is 2. The normalized spacial score (nSPS) is 18.3. The Morgan fingerprint density at radius 3 is 2.62 bits per heavy atom. The molecule has 0 bridgehead atoms. The number of carbonyl (C=O) groups is 2. The molecule has 0 aliphatic carbocycles. The maximum atomic E-state index is 12.8. The SMILES string of the molecule is CN1C[C@H](C(=O)N[C@@H](c2ccccc2)c2nc3ccccc3[nH]2)CC1=O. The van der Waals surface area contributed by atoms with Crippen molar-refractivity contribution in [2.45, 2.75) is 12.5 Å². The van der Waals surface area contributed by atoms with E-state index >= 15 is 0 Å². The van der Waals surface area contributed by atoms with Gasteiger partial charge in [-0.3, -0.25) is 9.59 Å². The van der Waals surface area contributed by atoms with Gasteiger partial charge in [0.05, 0.1) is 17.0 Å². The molecule has 1 aliphatic heterocycles. The van der Waals surface area contributed by atoms with Crippen LogP contribution in [0.4, 0.5) is 0 Å². The molecule has 1 aromatic heterocycles. The predicted molar refractivity (Wildman–Crippen MR) is 98.3 cm³/mol. The van der Waals surface area contributed by atoms with Crippen molar-refractivity contribution in [2.24, 2.45) is 5.92 Å². The summed E-state index contributed by atoms with van der Waals surface area (Å²) in [5.41, 5.74) is 2.72. The Morgan fingerprint density at radius 2 is 1.92 bits per heavy atom. The topological polar surface area (TPSA) is 78.1 Å². The van der Waals surface area contributed by atoms with Crippen molar-refractivity contribution in [1.82, 2.24) is 20.2 Å². The molecule has 0 spiro atoms. The molecule has 6 heteroatoms. The summed E-state index contributed by atoms with van der Waals surface area (Å²) in [5, 5.41) is 3.08. The molecule has 2 heterocycles. The Balaban J connectivity index is 1.65. The maximum absolute atomic E-state index is 12.8. The number of nitrogens with zero attached hydrogens (tertiary/aromatic N) is 2. The molecule has 2 N–H and O–H groups in total. The number of benzene rings is 2. The molecule has 132 valence electrons. The third-order valence-electron chi connectivity index (χ3n) is 4.81. The molecule has 1 aliphatic rings. The van der Waals surface area contributed by atoms with Crippen LogP contribution in [0.3, 0.4) is 0 Å². The van der Waals surface area contributed by atoms with Crippen LogP contribution < -0.4 is 5.32 Å². The van der Waals surface area contributed by atoms with Crippen LogP contribution in [0.15, 0.2) is 54.6 Å². The van der Waals surface area contributed by atoms with E-state index < -0.39 is 6.04 Å². The lowest BCUT2D eigenvalue weighted by molar-refractivity contribution is -0.128. The molecule has 0 radical (unpaired) electrons. The van der Waals surface area contributed by atoms with E-state index in [2.05, 4.69) is 15.3 Å². The van der Waals surface area contributed by atoms with E-state index in [1.165, 1.54) is 0 Å². The monoisotopic (exact) mass is 348 g/mol. The van der Waals surface area contributed by atoms with Crippen molar-refractivity contribution in [3.63, 3.8) is 0 Å². The molecule has 3 aromatic rings. The molecule has 26 heavy (non-hydrogen) atoms. The van der Waals surface area contributed by atoms with Gasteiger partial charge >= 0.3 is 0 Å². The molecular weight excluding hydrogens is 328 g/mol. The largest absolute Gasteiger partial charge is 0.345 e. The molecule has 2 atom stereocenters. The Hall–Kier alpha value is -3.15. The number of rotatable bonds is 4.